The number of nitrogens with zero attached hydrogens (tertiary/aromatic N) is 1. The molecule has 2 amide bonds. The van der Waals surface area contributed by atoms with Crippen molar-refractivity contribution in [2.45, 2.75) is 40.2 Å². The summed E-state index contributed by atoms with van der Waals surface area (Å²) >= 11 is 5.29. The highest BCUT2D eigenvalue weighted by Crippen LogP contribution is 2.27. The molecule has 0 bridgehead atoms. The predicted molar refractivity (Wildman–Crippen MR) is 119 cm³/mol. The molecule has 0 radical (unpaired) electrons. The smallest absolute Gasteiger partial charge is 0.270 e. The number of nitrogens with one attached hydrogen (secondary N) is 1. The second kappa shape index (κ2) is 8.57. The zero-order valence-corrected chi connectivity index (χ0v) is 17.8. The molecule has 1 N–H and O–H groups in total. The van der Waals surface area contributed by atoms with Crippen LogP contribution in [0.15, 0.2) is 48.0 Å². The number of carbonyl (C=O) groups excluding carboxylic acids is 2. The second-order valence-electron chi connectivity index (χ2n) is 7.18. The van der Waals surface area contributed by atoms with Gasteiger partial charge in [-0.1, -0.05) is 31.2 Å². The summed E-state index contributed by atoms with van der Waals surface area (Å²) in [7, 11) is 0. The molecule has 1 aliphatic heterocycles. The van der Waals surface area contributed by atoms with E-state index >= 15 is 0 Å². The Hall–Kier alpha value is -2.99. The molecule has 2 aromatic rings. The van der Waals surface area contributed by atoms with E-state index in [-0.39, 0.29) is 16.8 Å². The van der Waals surface area contributed by atoms with Crippen LogP contribution >= 0.6 is 12.2 Å². The summed E-state index contributed by atoms with van der Waals surface area (Å²) in [5.74, 6) is -0.345. The first-order valence-corrected chi connectivity index (χ1v) is 9.96. The predicted octanol–water partition coefficient (Wildman–Crippen LogP) is 4.31. The fourth-order valence-electron chi connectivity index (χ4n) is 3.13. The third-order valence-electron chi connectivity index (χ3n) is 4.69. The van der Waals surface area contributed by atoms with Gasteiger partial charge in [-0.2, -0.15) is 0 Å². The quantitative estimate of drug-likeness (QED) is 0.455. The van der Waals surface area contributed by atoms with Crippen molar-refractivity contribution in [1.29, 1.82) is 0 Å². The number of amides is 2. The van der Waals surface area contributed by atoms with E-state index < -0.39 is 11.8 Å². The van der Waals surface area contributed by atoms with Gasteiger partial charge in [-0.15, -0.1) is 0 Å². The maximum absolute atomic E-state index is 13.2. The molecule has 150 valence electrons. The Morgan fingerprint density at radius 3 is 2.45 bits per heavy atom. The van der Waals surface area contributed by atoms with Crippen molar-refractivity contribution in [3.8, 4) is 5.75 Å². The molecule has 1 heterocycles. The molecule has 0 aliphatic carbocycles. The normalized spacial score (nSPS) is 16.8. The molecule has 0 unspecified atom stereocenters. The van der Waals surface area contributed by atoms with Gasteiger partial charge in [-0.25, -0.2) is 0 Å². The van der Waals surface area contributed by atoms with E-state index in [0.29, 0.717) is 17.0 Å². The van der Waals surface area contributed by atoms with Crippen molar-refractivity contribution in [3.05, 3.63) is 64.7 Å². The fraction of sp³-hybridized carbons (Fsp3) is 0.261. The number of anilines is 1. The number of ether oxygens (including phenoxy) is 1. The lowest BCUT2D eigenvalue weighted by Crippen LogP contribution is -2.54. The lowest BCUT2D eigenvalue weighted by Gasteiger charge is -2.29. The Morgan fingerprint density at radius 1 is 1.14 bits per heavy atom. The highest BCUT2D eigenvalue weighted by Gasteiger charge is 2.34. The summed E-state index contributed by atoms with van der Waals surface area (Å²) in [6, 6.07) is 13.1. The highest BCUT2D eigenvalue weighted by molar-refractivity contribution is 7.80. The number of hydrogen-bond donors (Lipinski definition) is 1. The standard InChI is InChI=1S/C23H24N2O3S/c1-5-16(4)28-20-9-7-6-8-17(20)13-19-21(26)24-23(29)25(22(19)27)18-11-14(2)10-15(3)12-18/h6-13,16H,5H2,1-4H3,(H,24,26,29)/b19-13+/t16-/m1/s1. The van der Waals surface area contributed by atoms with Gasteiger partial charge in [0.05, 0.1) is 11.8 Å². The van der Waals surface area contributed by atoms with Crippen LogP contribution in [-0.2, 0) is 9.59 Å². The first-order chi connectivity index (χ1) is 13.8. The monoisotopic (exact) mass is 408 g/mol. The number of benzene rings is 2. The van der Waals surface area contributed by atoms with Gasteiger partial charge in [0, 0.05) is 5.56 Å². The van der Waals surface area contributed by atoms with Gasteiger partial charge in [-0.3, -0.25) is 19.8 Å². The molecule has 1 saturated heterocycles. The molecule has 6 heteroatoms. The SMILES string of the molecule is CC[C@@H](C)Oc1ccccc1/C=C1\C(=O)NC(=S)N(c2cc(C)cc(C)c2)C1=O. The Kier molecular flexibility index (Phi) is 6.13. The van der Waals surface area contributed by atoms with Crippen LogP contribution in [0.25, 0.3) is 6.08 Å². The molecule has 1 aliphatic rings. The number of aryl methyl sites for hydroxylation is 2. The van der Waals surface area contributed by atoms with Crippen LogP contribution in [0.2, 0.25) is 0 Å². The van der Waals surface area contributed by atoms with Gasteiger partial charge in [0.1, 0.15) is 11.3 Å². The van der Waals surface area contributed by atoms with Crippen LogP contribution in [0, 0.1) is 13.8 Å². The number of para-hydroxylation sites is 1. The van der Waals surface area contributed by atoms with E-state index in [4.69, 9.17) is 17.0 Å². The third-order valence-corrected chi connectivity index (χ3v) is 4.97. The van der Waals surface area contributed by atoms with Gasteiger partial charge in [-0.05, 0) is 74.8 Å². The van der Waals surface area contributed by atoms with Crippen LogP contribution in [0.1, 0.15) is 37.0 Å². The van der Waals surface area contributed by atoms with Crippen LogP contribution in [0.5, 0.6) is 5.75 Å². The summed E-state index contributed by atoms with van der Waals surface area (Å²) in [6.45, 7) is 7.91. The summed E-state index contributed by atoms with van der Waals surface area (Å²) in [5.41, 5.74) is 3.32. The molecule has 1 fully saturated rings. The van der Waals surface area contributed by atoms with Crippen molar-refractivity contribution in [1.82, 2.24) is 5.32 Å². The Morgan fingerprint density at radius 2 is 1.79 bits per heavy atom. The topological polar surface area (TPSA) is 58.6 Å². The van der Waals surface area contributed by atoms with E-state index in [9.17, 15) is 9.59 Å². The average molecular weight is 409 g/mol. The summed E-state index contributed by atoms with van der Waals surface area (Å²) in [5, 5.41) is 2.70. The second-order valence-corrected chi connectivity index (χ2v) is 7.57. The van der Waals surface area contributed by atoms with Crippen molar-refractivity contribution >= 4 is 40.9 Å². The van der Waals surface area contributed by atoms with Crippen molar-refractivity contribution in [3.63, 3.8) is 0 Å². The first-order valence-electron chi connectivity index (χ1n) is 9.55. The maximum atomic E-state index is 13.2. The average Bonchev–Trinajstić information content (AvgIpc) is 2.65. The molecular formula is C23H24N2O3S. The third kappa shape index (κ3) is 4.54. The minimum Gasteiger partial charge on any atom is -0.490 e. The van der Waals surface area contributed by atoms with E-state index in [2.05, 4.69) is 5.32 Å². The molecule has 1 atom stereocenters. The minimum absolute atomic E-state index is 0.0120. The molecule has 0 saturated carbocycles. The molecule has 0 spiro atoms. The Balaban J connectivity index is 2.02. The Labute approximate surface area is 176 Å². The minimum atomic E-state index is -0.515. The zero-order valence-electron chi connectivity index (χ0n) is 17.0. The largest absolute Gasteiger partial charge is 0.490 e. The van der Waals surface area contributed by atoms with E-state index in [1.165, 1.54) is 4.90 Å². The number of hydrogen-bond acceptors (Lipinski definition) is 4. The molecular weight excluding hydrogens is 384 g/mol. The molecule has 0 aromatic heterocycles. The van der Waals surface area contributed by atoms with Gasteiger partial charge >= 0.3 is 0 Å². The van der Waals surface area contributed by atoms with Gasteiger partial charge < -0.3 is 4.74 Å². The van der Waals surface area contributed by atoms with Gasteiger partial charge in [0.2, 0.25) is 0 Å². The van der Waals surface area contributed by atoms with Crippen molar-refractivity contribution in [2.75, 3.05) is 4.90 Å². The van der Waals surface area contributed by atoms with E-state index in [0.717, 1.165) is 17.5 Å². The molecule has 3 rings (SSSR count). The highest BCUT2D eigenvalue weighted by atomic mass is 32.1. The summed E-state index contributed by atoms with van der Waals surface area (Å²) < 4.78 is 5.94. The van der Waals surface area contributed by atoms with Crippen LogP contribution in [0.3, 0.4) is 0 Å². The fourth-order valence-corrected chi connectivity index (χ4v) is 3.42. The molecule has 29 heavy (non-hydrogen) atoms. The number of carbonyl (C=O) groups is 2. The zero-order chi connectivity index (χ0) is 21.1. The Bertz CT molecular complexity index is 993. The van der Waals surface area contributed by atoms with Crippen LogP contribution in [0.4, 0.5) is 5.69 Å². The van der Waals surface area contributed by atoms with E-state index in [1.54, 1.807) is 6.08 Å². The number of thiocarbonyl (C=S) groups is 1. The van der Waals surface area contributed by atoms with E-state index in [1.807, 2.05) is 70.2 Å². The van der Waals surface area contributed by atoms with Crippen molar-refractivity contribution in [2.24, 2.45) is 0 Å². The lowest BCUT2D eigenvalue weighted by atomic mass is 10.0. The molecule has 2 aromatic carbocycles. The summed E-state index contributed by atoms with van der Waals surface area (Å²) in [6.07, 6.45) is 2.43. The van der Waals surface area contributed by atoms with Crippen molar-refractivity contribution < 1.29 is 14.3 Å². The van der Waals surface area contributed by atoms with Crippen LogP contribution in [-0.4, -0.2) is 23.0 Å². The lowest BCUT2D eigenvalue weighted by molar-refractivity contribution is -0.122. The van der Waals surface area contributed by atoms with Gasteiger partial charge in [0.25, 0.3) is 11.8 Å². The summed E-state index contributed by atoms with van der Waals surface area (Å²) in [4.78, 5) is 27.2. The molecule has 5 nitrogen and oxygen atoms in total. The number of rotatable bonds is 5. The van der Waals surface area contributed by atoms with Gasteiger partial charge in [0.15, 0.2) is 5.11 Å². The first kappa shape index (κ1) is 20.7. The van der Waals surface area contributed by atoms with Crippen LogP contribution < -0.4 is 15.0 Å². The maximum Gasteiger partial charge on any atom is 0.270 e.